The van der Waals surface area contributed by atoms with E-state index in [1.165, 1.54) is 20.0 Å². The summed E-state index contributed by atoms with van der Waals surface area (Å²) in [6.45, 7) is 3.06. The van der Waals surface area contributed by atoms with Crippen LogP contribution in [-0.4, -0.2) is 19.6 Å². The summed E-state index contributed by atoms with van der Waals surface area (Å²) in [6.07, 6.45) is 2.45. The zero-order valence-electron chi connectivity index (χ0n) is 10.2. The molecule has 4 nitrogen and oxygen atoms in total. The van der Waals surface area contributed by atoms with E-state index in [1.54, 1.807) is 18.2 Å². The summed E-state index contributed by atoms with van der Waals surface area (Å²) in [5.41, 5.74) is 8.02. The number of benzene rings is 1. The van der Waals surface area contributed by atoms with Gasteiger partial charge in [-0.05, 0) is 30.4 Å². The Labute approximate surface area is 101 Å². The highest BCUT2D eigenvalue weighted by molar-refractivity contribution is 5.98. The maximum atomic E-state index is 11.6. The summed E-state index contributed by atoms with van der Waals surface area (Å²) in [5.74, 6) is -0.360. The molecule has 0 radical (unpaired) electrons. The number of nitrogen functional groups attached to an aromatic ring is 1. The highest BCUT2D eigenvalue weighted by Crippen LogP contribution is 2.45. The Hall–Kier alpha value is -1.71. The van der Waals surface area contributed by atoms with Crippen molar-refractivity contribution in [2.75, 3.05) is 24.7 Å². The Balaban J connectivity index is 2.20. The fraction of sp³-hybridized carbons (Fsp3) is 0.462. The van der Waals surface area contributed by atoms with Crippen molar-refractivity contribution in [1.29, 1.82) is 0 Å². The minimum absolute atomic E-state index is 0.357. The number of ether oxygens (including phenoxy) is 1. The topological polar surface area (TPSA) is 64.3 Å². The summed E-state index contributed by atoms with van der Waals surface area (Å²) in [6, 6.07) is 5.26. The Morgan fingerprint density at radius 3 is 2.82 bits per heavy atom. The molecule has 0 saturated heterocycles. The molecule has 0 bridgehead atoms. The minimum atomic E-state index is -0.360. The van der Waals surface area contributed by atoms with Gasteiger partial charge in [-0.1, -0.05) is 13.0 Å². The van der Waals surface area contributed by atoms with Gasteiger partial charge >= 0.3 is 5.97 Å². The lowest BCUT2D eigenvalue weighted by molar-refractivity contribution is 0.0602. The van der Waals surface area contributed by atoms with Crippen LogP contribution in [0, 0.1) is 5.41 Å². The molecule has 0 heterocycles. The molecule has 0 amide bonds. The number of esters is 1. The molecule has 2 rings (SSSR count). The Morgan fingerprint density at radius 1 is 1.53 bits per heavy atom. The van der Waals surface area contributed by atoms with Crippen molar-refractivity contribution in [2.24, 2.45) is 5.41 Å². The van der Waals surface area contributed by atoms with Gasteiger partial charge < -0.3 is 15.8 Å². The number of hydrogen-bond acceptors (Lipinski definition) is 4. The highest BCUT2D eigenvalue weighted by atomic mass is 16.5. The maximum Gasteiger partial charge on any atom is 0.340 e. The number of para-hydroxylation sites is 1. The van der Waals surface area contributed by atoms with E-state index in [1.807, 2.05) is 0 Å². The van der Waals surface area contributed by atoms with Crippen LogP contribution < -0.4 is 11.1 Å². The maximum absolute atomic E-state index is 11.6. The SMILES string of the molecule is COC(=O)c1cccc(N)c1NCC1(C)CC1. The predicted octanol–water partition coefficient (Wildman–Crippen LogP) is 2.27. The number of anilines is 2. The van der Waals surface area contributed by atoms with Gasteiger partial charge in [-0.2, -0.15) is 0 Å². The normalized spacial score (nSPS) is 16.4. The minimum Gasteiger partial charge on any atom is -0.465 e. The molecule has 0 aromatic heterocycles. The van der Waals surface area contributed by atoms with Gasteiger partial charge in [-0.25, -0.2) is 4.79 Å². The summed E-state index contributed by atoms with van der Waals surface area (Å²) in [7, 11) is 1.37. The van der Waals surface area contributed by atoms with Crippen LogP contribution in [0.25, 0.3) is 0 Å². The van der Waals surface area contributed by atoms with Crippen LogP contribution in [0.15, 0.2) is 18.2 Å². The van der Waals surface area contributed by atoms with Gasteiger partial charge in [-0.15, -0.1) is 0 Å². The van der Waals surface area contributed by atoms with Crippen molar-refractivity contribution in [3.05, 3.63) is 23.8 Å². The molecule has 1 aromatic rings. The summed E-state index contributed by atoms with van der Waals surface area (Å²) >= 11 is 0. The molecule has 1 aliphatic rings. The number of carbonyl (C=O) groups excluding carboxylic acids is 1. The Kier molecular flexibility index (Phi) is 2.96. The van der Waals surface area contributed by atoms with Crippen LogP contribution in [0.2, 0.25) is 0 Å². The molecule has 0 atom stereocenters. The molecular weight excluding hydrogens is 216 g/mol. The summed E-state index contributed by atoms with van der Waals surface area (Å²) in [4.78, 5) is 11.6. The van der Waals surface area contributed by atoms with Crippen molar-refractivity contribution in [3.63, 3.8) is 0 Å². The molecule has 1 aliphatic carbocycles. The molecule has 0 unspecified atom stereocenters. The zero-order chi connectivity index (χ0) is 12.5. The van der Waals surface area contributed by atoms with Gasteiger partial charge in [0.1, 0.15) is 0 Å². The second kappa shape index (κ2) is 4.28. The van der Waals surface area contributed by atoms with E-state index in [9.17, 15) is 4.79 Å². The van der Waals surface area contributed by atoms with E-state index in [4.69, 9.17) is 10.5 Å². The lowest BCUT2D eigenvalue weighted by Gasteiger charge is -2.16. The van der Waals surface area contributed by atoms with Gasteiger partial charge in [0.2, 0.25) is 0 Å². The quantitative estimate of drug-likeness (QED) is 0.619. The van der Waals surface area contributed by atoms with Crippen molar-refractivity contribution < 1.29 is 9.53 Å². The van der Waals surface area contributed by atoms with Crippen molar-refractivity contribution >= 4 is 17.3 Å². The predicted molar refractivity (Wildman–Crippen MR) is 68.0 cm³/mol. The number of hydrogen-bond donors (Lipinski definition) is 2. The smallest absolute Gasteiger partial charge is 0.340 e. The van der Waals surface area contributed by atoms with Crippen LogP contribution in [0.4, 0.5) is 11.4 Å². The van der Waals surface area contributed by atoms with Crippen molar-refractivity contribution in [2.45, 2.75) is 19.8 Å². The second-order valence-electron chi connectivity index (χ2n) is 4.93. The van der Waals surface area contributed by atoms with Gasteiger partial charge in [-0.3, -0.25) is 0 Å². The highest BCUT2D eigenvalue weighted by Gasteiger charge is 2.37. The van der Waals surface area contributed by atoms with Gasteiger partial charge in [0, 0.05) is 6.54 Å². The molecule has 0 spiro atoms. The molecular formula is C13H18N2O2. The number of nitrogens with one attached hydrogen (secondary N) is 1. The van der Waals surface area contributed by atoms with Gasteiger partial charge in [0.05, 0.1) is 24.0 Å². The average molecular weight is 234 g/mol. The number of nitrogens with two attached hydrogens (primary N) is 1. The van der Waals surface area contributed by atoms with Crippen LogP contribution >= 0.6 is 0 Å². The lowest BCUT2D eigenvalue weighted by Crippen LogP contribution is -2.16. The zero-order valence-corrected chi connectivity index (χ0v) is 10.2. The third kappa shape index (κ3) is 2.52. The van der Waals surface area contributed by atoms with Crippen LogP contribution in [0.5, 0.6) is 0 Å². The summed E-state index contributed by atoms with van der Waals surface area (Å²) in [5, 5.41) is 3.27. The van der Waals surface area contributed by atoms with Crippen molar-refractivity contribution in [1.82, 2.24) is 0 Å². The van der Waals surface area contributed by atoms with E-state index in [2.05, 4.69) is 12.2 Å². The first kappa shape index (κ1) is 11.8. The van der Waals surface area contributed by atoms with Gasteiger partial charge in [0.25, 0.3) is 0 Å². The number of rotatable bonds is 4. The largest absolute Gasteiger partial charge is 0.465 e. The molecule has 4 heteroatoms. The number of carbonyl (C=O) groups is 1. The second-order valence-corrected chi connectivity index (χ2v) is 4.93. The number of methoxy groups -OCH3 is 1. The summed E-state index contributed by atoms with van der Waals surface area (Å²) < 4.78 is 4.75. The molecule has 17 heavy (non-hydrogen) atoms. The van der Waals surface area contributed by atoms with Gasteiger partial charge in [0.15, 0.2) is 0 Å². The molecule has 3 N–H and O–H groups in total. The Bertz CT molecular complexity index is 439. The monoisotopic (exact) mass is 234 g/mol. The fourth-order valence-corrected chi connectivity index (χ4v) is 1.74. The van der Waals surface area contributed by atoms with Crippen LogP contribution in [-0.2, 0) is 4.74 Å². The van der Waals surface area contributed by atoms with E-state index in [0.717, 1.165) is 6.54 Å². The molecule has 0 aliphatic heterocycles. The molecule has 1 aromatic carbocycles. The first-order valence-corrected chi connectivity index (χ1v) is 5.76. The van der Waals surface area contributed by atoms with Crippen LogP contribution in [0.1, 0.15) is 30.1 Å². The van der Waals surface area contributed by atoms with E-state index < -0.39 is 0 Å². The van der Waals surface area contributed by atoms with E-state index >= 15 is 0 Å². The first-order valence-electron chi connectivity index (χ1n) is 5.76. The van der Waals surface area contributed by atoms with Crippen LogP contribution in [0.3, 0.4) is 0 Å². The first-order chi connectivity index (χ1) is 8.06. The van der Waals surface area contributed by atoms with E-state index in [-0.39, 0.29) is 5.97 Å². The Morgan fingerprint density at radius 2 is 2.24 bits per heavy atom. The molecule has 1 saturated carbocycles. The average Bonchev–Trinajstić information content (AvgIpc) is 3.05. The fourth-order valence-electron chi connectivity index (χ4n) is 1.74. The lowest BCUT2D eigenvalue weighted by atomic mass is 10.1. The standard InChI is InChI=1S/C13H18N2O2/c1-13(6-7-13)8-15-11-9(12(16)17-2)4-3-5-10(11)14/h3-5,15H,6-8,14H2,1-2H3. The van der Waals surface area contributed by atoms with Crippen molar-refractivity contribution in [3.8, 4) is 0 Å². The van der Waals surface area contributed by atoms with E-state index in [0.29, 0.717) is 22.4 Å². The third-order valence-corrected chi connectivity index (χ3v) is 3.30. The molecule has 1 fully saturated rings. The molecule has 92 valence electrons. The third-order valence-electron chi connectivity index (χ3n) is 3.30.